The van der Waals surface area contributed by atoms with Crippen LogP contribution in [0.15, 0.2) is 23.0 Å². The summed E-state index contributed by atoms with van der Waals surface area (Å²) < 4.78 is 5.25. The largest absolute Gasteiger partial charge is 0.353 e. The molecular weight excluding hydrogens is 246 g/mol. The summed E-state index contributed by atoms with van der Waals surface area (Å²) in [6, 6.07) is 1.71. The first kappa shape index (κ1) is 11.8. The second-order valence-corrected chi connectivity index (χ2v) is 4.38. The summed E-state index contributed by atoms with van der Waals surface area (Å²) in [5, 5.41) is 9.77. The Morgan fingerprint density at radius 3 is 3.11 bits per heavy atom. The highest BCUT2D eigenvalue weighted by Crippen LogP contribution is 2.21. The second-order valence-electron chi connectivity index (χ2n) is 4.38. The summed E-state index contributed by atoms with van der Waals surface area (Å²) >= 11 is 0. The Bertz CT molecular complexity index is 600. The SMILES string of the molecule is Cc1cnccc1-c1noc(C2CNC(=O)CN2)n1. The minimum absolute atomic E-state index is 0.0269. The van der Waals surface area contributed by atoms with Crippen molar-refractivity contribution in [3.05, 3.63) is 29.9 Å². The Kier molecular flexibility index (Phi) is 2.96. The van der Waals surface area contributed by atoms with Crippen molar-refractivity contribution < 1.29 is 9.32 Å². The van der Waals surface area contributed by atoms with E-state index in [-0.39, 0.29) is 18.5 Å². The Balaban J connectivity index is 1.84. The zero-order valence-corrected chi connectivity index (χ0v) is 10.4. The molecule has 0 aliphatic carbocycles. The van der Waals surface area contributed by atoms with Crippen LogP contribution in [0.25, 0.3) is 11.4 Å². The molecule has 0 saturated carbocycles. The number of amides is 1. The molecule has 2 N–H and O–H groups in total. The molecule has 1 amide bonds. The fourth-order valence-electron chi connectivity index (χ4n) is 1.95. The smallest absolute Gasteiger partial charge is 0.245 e. The van der Waals surface area contributed by atoms with Crippen LogP contribution < -0.4 is 10.6 Å². The lowest BCUT2D eigenvalue weighted by molar-refractivity contribution is -0.121. The van der Waals surface area contributed by atoms with Gasteiger partial charge in [-0.2, -0.15) is 4.98 Å². The summed E-state index contributed by atoms with van der Waals surface area (Å²) in [6.45, 7) is 2.66. The summed E-state index contributed by atoms with van der Waals surface area (Å²) in [5.41, 5.74) is 1.88. The highest BCUT2D eigenvalue weighted by atomic mass is 16.5. The molecule has 7 heteroatoms. The molecule has 3 heterocycles. The number of nitrogens with one attached hydrogen (secondary N) is 2. The molecule has 1 saturated heterocycles. The van der Waals surface area contributed by atoms with Gasteiger partial charge in [0, 0.05) is 24.5 Å². The molecule has 3 rings (SSSR count). The van der Waals surface area contributed by atoms with Crippen LogP contribution in [-0.2, 0) is 4.79 Å². The van der Waals surface area contributed by atoms with Crippen molar-refractivity contribution in [2.75, 3.05) is 13.1 Å². The van der Waals surface area contributed by atoms with Crippen LogP contribution in [0.1, 0.15) is 17.5 Å². The number of piperazine rings is 1. The van der Waals surface area contributed by atoms with E-state index in [1.807, 2.05) is 13.0 Å². The summed E-state index contributed by atoms with van der Waals surface area (Å²) in [5.74, 6) is 0.987. The molecule has 0 spiro atoms. The molecule has 98 valence electrons. The fraction of sp³-hybridized carbons (Fsp3) is 0.333. The van der Waals surface area contributed by atoms with E-state index in [0.29, 0.717) is 18.3 Å². The van der Waals surface area contributed by atoms with Gasteiger partial charge in [-0.25, -0.2) is 0 Å². The third-order valence-corrected chi connectivity index (χ3v) is 3.01. The molecule has 7 nitrogen and oxygen atoms in total. The first-order chi connectivity index (χ1) is 9.24. The molecule has 2 aromatic rings. The monoisotopic (exact) mass is 259 g/mol. The minimum Gasteiger partial charge on any atom is -0.353 e. The Labute approximate surface area is 109 Å². The molecule has 1 unspecified atom stereocenters. The summed E-state index contributed by atoms with van der Waals surface area (Å²) in [7, 11) is 0. The Morgan fingerprint density at radius 2 is 2.37 bits per heavy atom. The summed E-state index contributed by atoms with van der Waals surface area (Å²) in [4.78, 5) is 19.5. The molecule has 0 radical (unpaired) electrons. The number of pyridine rings is 1. The lowest BCUT2D eigenvalue weighted by atomic mass is 10.1. The van der Waals surface area contributed by atoms with Crippen molar-refractivity contribution in [1.29, 1.82) is 0 Å². The van der Waals surface area contributed by atoms with Gasteiger partial charge in [0.05, 0.1) is 6.54 Å². The topological polar surface area (TPSA) is 92.9 Å². The molecule has 0 bridgehead atoms. The fourth-order valence-corrected chi connectivity index (χ4v) is 1.95. The standard InChI is InChI=1S/C12H13N5O2/c1-7-4-13-3-2-8(7)11-16-12(19-17-11)9-5-15-10(18)6-14-9/h2-4,9,14H,5-6H2,1H3,(H,15,18). The van der Waals surface area contributed by atoms with Crippen molar-refractivity contribution in [3.63, 3.8) is 0 Å². The number of hydrogen-bond donors (Lipinski definition) is 2. The number of carbonyl (C=O) groups excluding carboxylic acids is 1. The van der Waals surface area contributed by atoms with Gasteiger partial charge in [-0.05, 0) is 18.6 Å². The van der Waals surface area contributed by atoms with Gasteiger partial charge in [0.1, 0.15) is 6.04 Å². The van der Waals surface area contributed by atoms with E-state index in [2.05, 4.69) is 25.8 Å². The van der Waals surface area contributed by atoms with E-state index in [1.165, 1.54) is 0 Å². The minimum atomic E-state index is -0.138. The number of carbonyl (C=O) groups is 1. The van der Waals surface area contributed by atoms with E-state index in [0.717, 1.165) is 11.1 Å². The Morgan fingerprint density at radius 1 is 1.47 bits per heavy atom. The lowest BCUT2D eigenvalue weighted by Gasteiger charge is -2.20. The maximum absolute atomic E-state index is 11.1. The predicted molar refractivity (Wildman–Crippen MR) is 66.0 cm³/mol. The average molecular weight is 259 g/mol. The number of aryl methyl sites for hydroxylation is 1. The average Bonchev–Trinajstić information content (AvgIpc) is 2.89. The highest BCUT2D eigenvalue weighted by Gasteiger charge is 2.24. The maximum atomic E-state index is 11.1. The van der Waals surface area contributed by atoms with Crippen LogP contribution in [0.4, 0.5) is 0 Å². The van der Waals surface area contributed by atoms with E-state index in [1.54, 1.807) is 12.4 Å². The van der Waals surface area contributed by atoms with Gasteiger partial charge in [0.25, 0.3) is 0 Å². The zero-order chi connectivity index (χ0) is 13.2. The van der Waals surface area contributed by atoms with Gasteiger partial charge in [-0.15, -0.1) is 0 Å². The third-order valence-electron chi connectivity index (χ3n) is 3.01. The van der Waals surface area contributed by atoms with E-state index in [9.17, 15) is 4.79 Å². The maximum Gasteiger partial charge on any atom is 0.245 e. The number of rotatable bonds is 2. The normalized spacial score (nSPS) is 19.2. The summed E-state index contributed by atoms with van der Waals surface area (Å²) in [6.07, 6.45) is 3.45. The van der Waals surface area contributed by atoms with Gasteiger partial charge >= 0.3 is 0 Å². The van der Waals surface area contributed by atoms with Crippen molar-refractivity contribution in [3.8, 4) is 11.4 Å². The molecule has 1 aliphatic heterocycles. The van der Waals surface area contributed by atoms with Gasteiger partial charge in [0.2, 0.25) is 17.6 Å². The molecule has 2 aromatic heterocycles. The molecular formula is C12H13N5O2. The van der Waals surface area contributed by atoms with Crippen molar-refractivity contribution >= 4 is 5.91 Å². The van der Waals surface area contributed by atoms with E-state index < -0.39 is 0 Å². The van der Waals surface area contributed by atoms with Gasteiger partial charge in [-0.3, -0.25) is 15.1 Å². The van der Waals surface area contributed by atoms with Gasteiger partial charge in [0.15, 0.2) is 0 Å². The second kappa shape index (κ2) is 4.77. The molecule has 19 heavy (non-hydrogen) atoms. The van der Waals surface area contributed by atoms with Crippen molar-refractivity contribution in [1.82, 2.24) is 25.8 Å². The van der Waals surface area contributed by atoms with Crippen LogP contribution in [-0.4, -0.2) is 34.1 Å². The first-order valence-electron chi connectivity index (χ1n) is 5.98. The number of aromatic nitrogens is 3. The molecule has 1 fully saturated rings. The number of nitrogens with zero attached hydrogens (tertiary/aromatic N) is 3. The Hall–Kier alpha value is -2.28. The predicted octanol–water partition coefficient (Wildman–Crippen LogP) is 0.201. The van der Waals surface area contributed by atoms with Crippen LogP contribution in [0, 0.1) is 6.92 Å². The number of hydrogen-bond acceptors (Lipinski definition) is 6. The van der Waals surface area contributed by atoms with Crippen LogP contribution in [0.5, 0.6) is 0 Å². The van der Waals surface area contributed by atoms with Crippen LogP contribution in [0.3, 0.4) is 0 Å². The van der Waals surface area contributed by atoms with Crippen molar-refractivity contribution in [2.24, 2.45) is 0 Å². The van der Waals surface area contributed by atoms with E-state index >= 15 is 0 Å². The lowest BCUT2D eigenvalue weighted by Crippen LogP contribution is -2.47. The van der Waals surface area contributed by atoms with E-state index in [4.69, 9.17) is 4.52 Å². The zero-order valence-electron chi connectivity index (χ0n) is 10.4. The molecule has 1 atom stereocenters. The third kappa shape index (κ3) is 2.32. The highest BCUT2D eigenvalue weighted by molar-refractivity contribution is 5.78. The van der Waals surface area contributed by atoms with Crippen LogP contribution >= 0.6 is 0 Å². The molecule has 1 aliphatic rings. The molecule has 0 aromatic carbocycles. The first-order valence-corrected chi connectivity index (χ1v) is 5.98. The quantitative estimate of drug-likeness (QED) is 0.800. The van der Waals surface area contributed by atoms with Crippen molar-refractivity contribution in [2.45, 2.75) is 13.0 Å². The van der Waals surface area contributed by atoms with Crippen LogP contribution in [0.2, 0.25) is 0 Å². The van der Waals surface area contributed by atoms with Gasteiger partial charge < -0.3 is 9.84 Å². The van der Waals surface area contributed by atoms with Gasteiger partial charge in [-0.1, -0.05) is 5.16 Å².